The zero-order valence-corrected chi connectivity index (χ0v) is 5.04. The molecule has 4 bridgehead atoms. The zero-order valence-electron chi connectivity index (χ0n) is 5.04. The Kier molecular flexibility index (Phi) is 0.678. The van der Waals surface area contributed by atoms with Gasteiger partial charge < -0.3 is 14.8 Å². The van der Waals surface area contributed by atoms with E-state index in [1.807, 2.05) is 0 Å². The van der Waals surface area contributed by atoms with Crippen molar-refractivity contribution < 1.29 is 9.47 Å². The average molecular weight is 127 g/mol. The standard InChI is InChI=1S/C6H9NO2/c1-3-5-6(8-1)4(7-3)2-9-5/h3-7H,1-2H2. The van der Waals surface area contributed by atoms with Gasteiger partial charge in [-0.05, 0) is 0 Å². The van der Waals surface area contributed by atoms with Gasteiger partial charge in [0, 0.05) is 0 Å². The molecule has 4 atom stereocenters. The second kappa shape index (κ2) is 1.31. The third kappa shape index (κ3) is 0.407. The highest BCUT2D eigenvalue weighted by Gasteiger charge is 2.54. The van der Waals surface area contributed by atoms with Crippen LogP contribution in [-0.2, 0) is 9.47 Å². The Labute approximate surface area is 53.3 Å². The lowest BCUT2D eigenvalue weighted by molar-refractivity contribution is 0.0598. The molecule has 3 fully saturated rings. The molecule has 3 rings (SSSR count). The van der Waals surface area contributed by atoms with Gasteiger partial charge in [-0.3, -0.25) is 0 Å². The third-order valence-electron chi connectivity index (χ3n) is 2.48. The fourth-order valence-corrected chi connectivity index (χ4v) is 2.06. The highest BCUT2D eigenvalue weighted by Crippen LogP contribution is 2.33. The van der Waals surface area contributed by atoms with E-state index < -0.39 is 0 Å². The summed E-state index contributed by atoms with van der Waals surface area (Å²) < 4.78 is 10.9. The molecule has 3 heteroatoms. The van der Waals surface area contributed by atoms with E-state index in [1.165, 1.54) is 0 Å². The number of morpholine rings is 2. The van der Waals surface area contributed by atoms with Crippen LogP contribution in [0.15, 0.2) is 0 Å². The number of rotatable bonds is 0. The van der Waals surface area contributed by atoms with Gasteiger partial charge in [0.2, 0.25) is 0 Å². The van der Waals surface area contributed by atoms with E-state index in [-0.39, 0.29) is 0 Å². The molecule has 0 saturated carbocycles. The molecule has 0 aromatic rings. The van der Waals surface area contributed by atoms with Gasteiger partial charge in [-0.1, -0.05) is 0 Å². The first-order valence-corrected chi connectivity index (χ1v) is 3.44. The van der Waals surface area contributed by atoms with Gasteiger partial charge in [0.15, 0.2) is 0 Å². The molecule has 50 valence electrons. The minimum Gasteiger partial charge on any atom is -0.372 e. The quantitative estimate of drug-likeness (QED) is 0.458. The Morgan fingerprint density at radius 2 is 1.56 bits per heavy atom. The van der Waals surface area contributed by atoms with Crippen molar-refractivity contribution in [2.24, 2.45) is 0 Å². The molecule has 4 unspecified atom stereocenters. The molecule has 0 spiro atoms. The molecule has 1 N–H and O–H groups in total. The number of hydrogen-bond acceptors (Lipinski definition) is 3. The normalized spacial score (nSPS) is 61.3. The first-order valence-electron chi connectivity index (χ1n) is 3.44. The van der Waals surface area contributed by atoms with E-state index >= 15 is 0 Å². The number of nitrogens with one attached hydrogen (secondary N) is 1. The van der Waals surface area contributed by atoms with Gasteiger partial charge in [-0.2, -0.15) is 0 Å². The second-order valence-electron chi connectivity index (χ2n) is 2.98. The molecule has 3 aliphatic rings. The predicted octanol–water partition coefficient (Wildman–Crippen LogP) is -0.876. The summed E-state index contributed by atoms with van der Waals surface area (Å²) in [5, 5.41) is 3.44. The van der Waals surface area contributed by atoms with E-state index in [9.17, 15) is 0 Å². The maximum Gasteiger partial charge on any atom is 0.103 e. The Morgan fingerprint density at radius 1 is 1.00 bits per heavy atom. The Bertz CT molecular complexity index is 134. The van der Waals surface area contributed by atoms with E-state index in [0.717, 1.165) is 13.2 Å². The van der Waals surface area contributed by atoms with Crippen molar-refractivity contribution in [1.29, 1.82) is 0 Å². The molecular formula is C6H9NO2. The first-order chi connectivity index (χ1) is 4.45. The fourth-order valence-electron chi connectivity index (χ4n) is 2.06. The molecule has 3 heterocycles. The lowest BCUT2D eigenvalue weighted by Gasteiger charge is -2.22. The van der Waals surface area contributed by atoms with Gasteiger partial charge in [-0.15, -0.1) is 0 Å². The molecule has 0 amide bonds. The van der Waals surface area contributed by atoms with Crippen LogP contribution in [-0.4, -0.2) is 37.5 Å². The van der Waals surface area contributed by atoms with Crippen molar-refractivity contribution in [2.75, 3.05) is 13.2 Å². The average Bonchev–Trinajstić information content (AvgIpc) is 2.50. The van der Waals surface area contributed by atoms with E-state index in [0.29, 0.717) is 24.3 Å². The van der Waals surface area contributed by atoms with Crippen LogP contribution in [0.1, 0.15) is 0 Å². The summed E-state index contributed by atoms with van der Waals surface area (Å²) >= 11 is 0. The lowest BCUT2D eigenvalue weighted by atomic mass is 10.2. The van der Waals surface area contributed by atoms with Crippen LogP contribution in [0.25, 0.3) is 0 Å². The van der Waals surface area contributed by atoms with E-state index in [2.05, 4.69) is 5.32 Å². The van der Waals surface area contributed by atoms with E-state index in [4.69, 9.17) is 9.47 Å². The molecule has 9 heavy (non-hydrogen) atoms. The Morgan fingerprint density at radius 3 is 1.89 bits per heavy atom. The van der Waals surface area contributed by atoms with Crippen LogP contribution in [0.3, 0.4) is 0 Å². The number of ether oxygens (including phenoxy) is 2. The van der Waals surface area contributed by atoms with Crippen LogP contribution in [0.2, 0.25) is 0 Å². The molecule has 3 aliphatic heterocycles. The Balaban J connectivity index is 2.02. The largest absolute Gasteiger partial charge is 0.372 e. The molecular weight excluding hydrogens is 118 g/mol. The predicted molar refractivity (Wildman–Crippen MR) is 30.2 cm³/mol. The molecule has 0 aromatic heterocycles. The molecule has 0 radical (unpaired) electrons. The third-order valence-corrected chi connectivity index (χ3v) is 2.48. The molecule has 0 aromatic carbocycles. The van der Waals surface area contributed by atoms with Crippen molar-refractivity contribution >= 4 is 0 Å². The summed E-state index contributed by atoms with van der Waals surface area (Å²) in [5.74, 6) is 0. The summed E-state index contributed by atoms with van der Waals surface area (Å²) in [5.41, 5.74) is 0. The lowest BCUT2D eigenvalue weighted by Crippen LogP contribution is -2.45. The second-order valence-corrected chi connectivity index (χ2v) is 2.98. The van der Waals surface area contributed by atoms with Crippen LogP contribution < -0.4 is 5.32 Å². The monoisotopic (exact) mass is 127 g/mol. The van der Waals surface area contributed by atoms with Gasteiger partial charge in [0.25, 0.3) is 0 Å². The van der Waals surface area contributed by atoms with Gasteiger partial charge >= 0.3 is 0 Å². The highest BCUT2D eigenvalue weighted by atomic mass is 16.6. The molecule has 3 saturated heterocycles. The number of hydrogen-bond donors (Lipinski definition) is 1. The van der Waals surface area contributed by atoms with Crippen molar-refractivity contribution in [3.8, 4) is 0 Å². The van der Waals surface area contributed by atoms with Gasteiger partial charge in [-0.25, -0.2) is 0 Å². The summed E-state index contributed by atoms with van der Waals surface area (Å²) in [6, 6.07) is 1.02. The zero-order chi connectivity index (χ0) is 5.84. The Hall–Kier alpha value is -0.120. The highest BCUT2D eigenvalue weighted by molar-refractivity contribution is 5.08. The van der Waals surface area contributed by atoms with Crippen molar-refractivity contribution in [3.05, 3.63) is 0 Å². The molecule has 3 nitrogen and oxygen atoms in total. The van der Waals surface area contributed by atoms with Crippen LogP contribution in [0.5, 0.6) is 0 Å². The summed E-state index contributed by atoms with van der Waals surface area (Å²) in [6.07, 6.45) is 0.769. The smallest absolute Gasteiger partial charge is 0.103 e. The minimum absolute atomic E-state index is 0.384. The maximum absolute atomic E-state index is 5.45. The SMILES string of the molecule is C1OC2C3COC2C1N3. The first kappa shape index (κ1) is 4.66. The minimum atomic E-state index is 0.384. The van der Waals surface area contributed by atoms with Crippen molar-refractivity contribution in [1.82, 2.24) is 5.32 Å². The van der Waals surface area contributed by atoms with Gasteiger partial charge in [0.1, 0.15) is 12.2 Å². The fraction of sp³-hybridized carbons (Fsp3) is 1.00. The summed E-state index contributed by atoms with van der Waals surface area (Å²) in [6.45, 7) is 1.71. The van der Waals surface area contributed by atoms with Crippen LogP contribution in [0, 0.1) is 0 Å². The summed E-state index contributed by atoms with van der Waals surface area (Å²) in [4.78, 5) is 0. The van der Waals surface area contributed by atoms with Crippen molar-refractivity contribution in [2.45, 2.75) is 24.3 Å². The topological polar surface area (TPSA) is 30.5 Å². The van der Waals surface area contributed by atoms with Gasteiger partial charge in [0.05, 0.1) is 25.3 Å². The maximum atomic E-state index is 5.45. The molecule has 0 aliphatic carbocycles. The van der Waals surface area contributed by atoms with Crippen LogP contribution in [0.4, 0.5) is 0 Å². The van der Waals surface area contributed by atoms with Crippen LogP contribution >= 0.6 is 0 Å². The van der Waals surface area contributed by atoms with Crippen molar-refractivity contribution in [3.63, 3.8) is 0 Å². The summed E-state index contributed by atoms with van der Waals surface area (Å²) in [7, 11) is 0. The van der Waals surface area contributed by atoms with E-state index in [1.54, 1.807) is 0 Å².